The van der Waals surface area contributed by atoms with E-state index in [1.165, 1.54) is 12.8 Å². The van der Waals surface area contributed by atoms with Crippen LogP contribution in [-0.4, -0.2) is 18.5 Å². The van der Waals surface area contributed by atoms with Gasteiger partial charge in [-0.3, -0.25) is 9.59 Å². The van der Waals surface area contributed by atoms with Gasteiger partial charge in [0.25, 0.3) is 0 Å². The summed E-state index contributed by atoms with van der Waals surface area (Å²) < 4.78 is 11.0. The van der Waals surface area contributed by atoms with Gasteiger partial charge in [0.2, 0.25) is 0 Å². The molecule has 0 fully saturated rings. The van der Waals surface area contributed by atoms with Gasteiger partial charge in [0.1, 0.15) is 6.10 Å². The topological polar surface area (TPSA) is 52.6 Å². The molecule has 0 spiro atoms. The number of esters is 2. The van der Waals surface area contributed by atoms with Gasteiger partial charge in [0.15, 0.2) is 0 Å². The maximum absolute atomic E-state index is 12.5. The van der Waals surface area contributed by atoms with Crippen LogP contribution in [0.5, 0.6) is 0 Å². The molecule has 172 valence electrons. The zero-order valence-electron chi connectivity index (χ0n) is 19.2. The van der Waals surface area contributed by atoms with Crippen LogP contribution in [0.25, 0.3) is 0 Å². The third kappa shape index (κ3) is 11.2. The maximum atomic E-state index is 12.5. The highest BCUT2D eigenvalue weighted by molar-refractivity contribution is 5.69. The molecule has 0 radical (unpaired) electrons. The van der Waals surface area contributed by atoms with E-state index >= 15 is 0 Å². The number of benzene rings is 1. The van der Waals surface area contributed by atoms with Crippen LogP contribution < -0.4 is 0 Å². The number of hydrogen-bond acceptors (Lipinski definition) is 4. The lowest BCUT2D eigenvalue weighted by molar-refractivity contribution is -0.150. The fourth-order valence-electron chi connectivity index (χ4n) is 4.03. The van der Waals surface area contributed by atoms with Gasteiger partial charge in [-0.25, -0.2) is 0 Å². The summed E-state index contributed by atoms with van der Waals surface area (Å²) in [6.07, 6.45) is 16.7. The number of carbonyl (C=O) groups is 2. The molecule has 0 amide bonds. The van der Waals surface area contributed by atoms with E-state index < -0.39 is 0 Å². The van der Waals surface area contributed by atoms with E-state index in [2.05, 4.69) is 24.3 Å². The molecule has 4 nitrogen and oxygen atoms in total. The molecule has 0 heterocycles. The SMILES string of the molecule is CCCOC(=O)CCCCCCCCC(=O)OC(CC1C=CCCC1)c1ccccc1. The van der Waals surface area contributed by atoms with Crippen molar-refractivity contribution in [2.24, 2.45) is 5.92 Å². The maximum Gasteiger partial charge on any atom is 0.306 e. The van der Waals surface area contributed by atoms with E-state index in [0.717, 1.165) is 63.4 Å². The van der Waals surface area contributed by atoms with Gasteiger partial charge in [-0.2, -0.15) is 0 Å². The van der Waals surface area contributed by atoms with Gasteiger partial charge in [0.05, 0.1) is 6.61 Å². The molecule has 2 unspecified atom stereocenters. The third-order valence-electron chi connectivity index (χ3n) is 5.79. The fourth-order valence-corrected chi connectivity index (χ4v) is 4.03. The molecular formula is C27H40O4. The molecule has 1 aliphatic rings. The van der Waals surface area contributed by atoms with E-state index in [-0.39, 0.29) is 18.0 Å². The fraction of sp³-hybridized carbons (Fsp3) is 0.630. The molecule has 0 saturated heterocycles. The molecule has 31 heavy (non-hydrogen) atoms. The molecule has 0 bridgehead atoms. The van der Waals surface area contributed by atoms with Crippen LogP contribution >= 0.6 is 0 Å². The molecule has 1 aliphatic carbocycles. The van der Waals surface area contributed by atoms with Gasteiger partial charge >= 0.3 is 11.9 Å². The standard InChI is InChI=1S/C27H40O4/c1-2-21-30-26(28)19-13-5-3-4-6-14-20-27(29)31-25(24-17-11-8-12-18-24)22-23-15-9-7-10-16-23/h8-9,11-12,15,17-18,23,25H,2-7,10,13-14,16,19-22H2,1H3. The summed E-state index contributed by atoms with van der Waals surface area (Å²) in [7, 11) is 0. The summed E-state index contributed by atoms with van der Waals surface area (Å²) in [5, 5.41) is 0. The Bertz CT molecular complexity index is 652. The Labute approximate surface area is 188 Å². The van der Waals surface area contributed by atoms with Crippen LogP contribution in [0.3, 0.4) is 0 Å². The average Bonchev–Trinajstić information content (AvgIpc) is 2.80. The number of ether oxygens (including phenoxy) is 2. The zero-order chi connectivity index (χ0) is 22.2. The predicted octanol–water partition coefficient (Wildman–Crippen LogP) is 7.09. The van der Waals surface area contributed by atoms with E-state index in [9.17, 15) is 9.59 Å². The van der Waals surface area contributed by atoms with Gasteiger partial charge in [0, 0.05) is 12.8 Å². The summed E-state index contributed by atoms with van der Waals surface area (Å²) in [4.78, 5) is 23.9. The van der Waals surface area contributed by atoms with Crippen molar-refractivity contribution in [3.63, 3.8) is 0 Å². The van der Waals surface area contributed by atoms with Crippen molar-refractivity contribution in [3.8, 4) is 0 Å². The number of unbranched alkanes of at least 4 members (excludes halogenated alkanes) is 5. The lowest BCUT2D eigenvalue weighted by Crippen LogP contribution is -2.15. The first-order valence-corrected chi connectivity index (χ1v) is 12.3. The molecular weight excluding hydrogens is 388 g/mol. The van der Waals surface area contributed by atoms with E-state index in [1.807, 2.05) is 25.1 Å². The summed E-state index contributed by atoms with van der Waals surface area (Å²) in [5.41, 5.74) is 1.09. The van der Waals surface area contributed by atoms with Crippen molar-refractivity contribution in [3.05, 3.63) is 48.0 Å². The van der Waals surface area contributed by atoms with Crippen LogP contribution in [0.2, 0.25) is 0 Å². The number of hydrogen-bond donors (Lipinski definition) is 0. The van der Waals surface area contributed by atoms with Crippen LogP contribution in [0.15, 0.2) is 42.5 Å². The minimum absolute atomic E-state index is 0.0821. The van der Waals surface area contributed by atoms with Crippen molar-refractivity contribution < 1.29 is 19.1 Å². The van der Waals surface area contributed by atoms with E-state index in [4.69, 9.17) is 9.47 Å². The molecule has 1 aromatic carbocycles. The molecule has 0 aliphatic heterocycles. The molecule has 0 aromatic heterocycles. The monoisotopic (exact) mass is 428 g/mol. The Morgan fingerprint density at radius 2 is 1.65 bits per heavy atom. The van der Waals surface area contributed by atoms with Crippen molar-refractivity contribution in [1.82, 2.24) is 0 Å². The molecule has 2 atom stereocenters. The second-order valence-electron chi connectivity index (χ2n) is 8.59. The molecule has 2 rings (SSSR count). The Hall–Kier alpha value is -2.10. The van der Waals surface area contributed by atoms with Crippen molar-refractivity contribution >= 4 is 11.9 Å². The highest BCUT2D eigenvalue weighted by atomic mass is 16.5. The Kier molecular flexibility index (Phi) is 12.7. The quantitative estimate of drug-likeness (QED) is 0.170. The molecule has 0 saturated carbocycles. The first kappa shape index (κ1) is 25.2. The Morgan fingerprint density at radius 1 is 0.968 bits per heavy atom. The predicted molar refractivity (Wildman–Crippen MR) is 125 cm³/mol. The number of carbonyl (C=O) groups excluding carboxylic acids is 2. The molecule has 0 N–H and O–H groups in total. The Morgan fingerprint density at radius 3 is 2.29 bits per heavy atom. The first-order valence-electron chi connectivity index (χ1n) is 12.3. The van der Waals surface area contributed by atoms with Crippen LogP contribution in [0.1, 0.15) is 102 Å². The zero-order valence-corrected chi connectivity index (χ0v) is 19.2. The van der Waals surface area contributed by atoms with Crippen LogP contribution in [0, 0.1) is 5.92 Å². The van der Waals surface area contributed by atoms with Crippen molar-refractivity contribution in [2.75, 3.05) is 6.61 Å². The molecule has 4 heteroatoms. The highest BCUT2D eigenvalue weighted by Gasteiger charge is 2.21. The van der Waals surface area contributed by atoms with Crippen LogP contribution in [-0.2, 0) is 19.1 Å². The minimum atomic E-state index is -0.158. The van der Waals surface area contributed by atoms with Gasteiger partial charge in [-0.1, -0.05) is 75.1 Å². The Balaban J connectivity index is 1.62. The van der Waals surface area contributed by atoms with Gasteiger partial charge in [-0.15, -0.1) is 0 Å². The summed E-state index contributed by atoms with van der Waals surface area (Å²) >= 11 is 0. The van der Waals surface area contributed by atoms with Gasteiger partial charge in [-0.05, 0) is 56.4 Å². The third-order valence-corrected chi connectivity index (χ3v) is 5.79. The second kappa shape index (κ2) is 15.7. The number of rotatable bonds is 15. The summed E-state index contributed by atoms with van der Waals surface area (Å²) in [5.74, 6) is 0.319. The lowest BCUT2D eigenvalue weighted by Gasteiger charge is -2.24. The first-order chi connectivity index (χ1) is 15.2. The van der Waals surface area contributed by atoms with Crippen LogP contribution in [0.4, 0.5) is 0 Å². The van der Waals surface area contributed by atoms with E-state index in [0.29, 0.717) is 25.4 Å². The summed E-state index contributed by atoms with van der Waals surface area (Å²) in [6, 6.07) is 10.1. The molecule has 1 aromatic rings. The van der Waals surface area contributed by atoms with Gasteiger partial charge < -0.3 is 9.47 Å². The average molecular weight is 429 g/mol. The van der Waals surface area contributed by atoms with Crippen molar-refractivity contribution in [2.45, 2.75) is 96.5 Å². The van der Waals surface area contributed by atoms with E-state index in [1.54, 1.807) is 0 Å². The second-order valence-corrected chi connectivity index (χ2v) is 8.59. The summed E-state index contributed by atoms with van der Waals surface area (Å²) in [6.45, 7) is 2.52. The lowest BCUT2D eigenvalue weighted by atomic mass is 9.89. The largest absolute Gasteiger partial charge is 0.466 e. The van der Waals surface area contributed by atoms with Crippen molar-refractivity contribution in [1.29, 1.82) is 0 Å². The highest BCUT2D eigenvalue weighted by Crippen LogP contribution is 2.31. The normalized spacial score (nSPS) is 16.6. The number of allylic oxidation sites excluding steroid dienone is 2. The minimum Gasteiger partial charge on any atom is -0.466 e. The smallest absolute Gasteiger partial charge is 0.306 e.